The van der Waals surface area contributed by atoms with Gasteiger partial charge in [0.2, 0.25) is 0 Å². The molecule has 1 aliphatic rings. The zero-order valence-corrected chi connectivity index (χ0v) is 6.76. The second-order valence-electron chi connectivity index (χ2n) is 2.92. The van der Waals surface area contributed by atoms with E-state index in [-0.39, 0.29) is 17.9 Å². The van der Waals surface area contributed by atoms with E-state index < -0.39 is 17.7 Å². The van der Waals surface area contributed by atoms with Gasteiger partial charge in [-0.25, -0.2) is 8.78 Å². The second-order valence-corrected chi connectivity index (χ2v) is 2.92. The Morgan fingerprint density at radius 3 is 2.69 bits per heavy atom. The number of aliphatic hydroxyl groups is 1. The average molecular weight is 186 g/mol. The van der Waals surface area contributed by atoms with Crippen LogP contribution in [-0.4, -0.2) is 11.7 Å². The lowest BCUT2D eigenvalue weighted by molar-refractivity contribution is 0.107. The third-order valence-corrected chi connectivity index (χ3v) is 2.07. The van der Waals surface area contributed by atoms with E-state index in [4.69, 9.17) is 4.74 Å². The van der Waals surface area contributed by atoms with E-state index in [0.717, 1.165) is 12.1 Å². The van der Waals surface area contributed by atoms with E-state index in [2.05, 4.69) is 0 Å². The first-order valence-corrected chi connectivity index (χ1v) is 3.99. The topological polar surface area (TPSA) is 29.5 Å². The van der Waals surface area contributed by atoms with Crippen molar-refractivity contribution in [2.45, 2.75) is 12.5 Å². The minimum Gasteiger partial charge on any atom is -0.490 e. The predicted molar refractivity (Wildman–Crippen MR) is 41.4 cm³/mol. The molecule has 0 amide bonds. The van der Waals surface area contributed by atoms with E-state index in [9.17, 15) is 13.9 Å². The molecule has 70 valence electrons. The fourth-order valence-corrected chi connectivity index (χ4v) is 1.42. The Kier molecular flexibility index (Phi) is 1.92. The molecule has 0 bridgehead atoms. The fourth-order valence-electron chi connectivity index (χ4n) is 1.42. The Balaban J connectivity index is 2.60. The summed E-state index contributed by atoms with van der Waals surface area (Å²) in [4.78, 5) is 0. The molecule has 13 heavy (non-hydrogen) atoms. The van der Waals surface area contributed by atoms with Gasteiger partial charge in [-0.05, 0) is 12.1 Å². The number of rotatable bonds is 0. The molecule has 1 heterocycles. The van der Waals surface area contributed by atoms with Crippen molar-refractivity contribution in [1.82, 2.24) is 0 Å². The Bertz CT molecular complexity index is 339. The molecule has 4 heteroatoms. The molecule has 0 unspecified atom stereocenters. The molecule has 0 spiro atoms. The van der Waals surface area contributed by atoms with E-state index in [1.165, 1.54) is 0 Å². The summed E-state index contributed by atoms with van der Waals surface area (Å²) in [7, 11) is 0. The molecule has 0 aromatic heterocycles. The summed E-state index contributed by atoms with van der Waals surface area (Å²) >= 11 is 0. The van der Waals surface area contributed by atoms with Gasteiger partial charge in [0.05, 0.1) is 18.3 Å². The van der Waals surface area contributed by atoms with E-state index >= 15 is 0 Å². The summed E-state index contributed by atoms with van der Waals surface area (Å²) in [6.45, 7) is 0.217. The van der Waals surface area contributed by atoms with Crippen molar-refractivity contribution in [1.29, 1.82) is 0 Å². The number of ether oxygens (including phenoxy) is 1. The Morgan fingerprint density at radius 2 is 2.00 bits per heavy atom. The van der Waals surface area contributed by atoms with Crippen LogP contribution >= 0.6 is 0 Å². The van der Waals surface area contributed by atoms with Crippen LogP contribution in [0.25, 0.3) is 0 Å². The van der Waals surface area contributed by atoms with Crippen molar-refractivity contribution in [3.63, 3.8) is 0 Å². The smallest absolute Gasteiger partial charge is 0.165 e. The van der Waals surface area contributed by atoms with Crippen molar-refractivity contribution in [2.75, 3.05) is 6.61 Å². The van der Waals surface area contributed by atoms with Gasteiger partial charge in [-0.2, -0.15) is 0 Å². The van der Waals surface area contributed by atoms with Crippen molar-refractivity contribution >= 4 is 0 Å². The van der Waals surface area contributed by atoms with Crippen molar-refractivity contribution in [2.24, 2.45) is 0 Å². The number of hydrogen-bond acceptors (Lipinski definition) is 2. The third kappa shape index (κ3) is 1.27. The highest BCUT2D eigenvalue weighted by Crippen LogP contribution is 2.35. The molecule has 1 aliphatic heterocycles. The van der Waals surface area contributed by atoms with Gasteiger partial charge < -0.3 is 9.84 Å². The van der Waals surface area contributed by atoms with Crippen LogP contribution < -0.4 is 4.74 Å². The number of hydrogen-bond donors (Lipinski definition) is 1. The largest absolute Gasteiger partial charge is 0.490 e. The minimum atomic E-state index is -0.959. The van der Waals surface area contributed by atoms with Crippen LogP contribution in [0.4, 0.5) is 8.78 Å². The van der Waals surface area contributed by atoms with Crippen LogP contribution in [0, 0.1) is 11.6 Å². The van der Waals surface area contributed by atoms with Crippen LogP contribution in [0.15, 0.2) is 12.1 Å². The van der Waals surface area contributed by atoms with Gasteiger partial charge in [-0.3, -0.25) is 0 Å². The van der Waals surface area contributed by atoms with Crippen LogP contribution in [0.1, 0.15) is 18.1 Å². The fraction of sp³-hybridized carbons (Fsp3) is 0.333. The van der Waals surface area contributed by atoms with Crippen LogP contribution in [0.3, 0.4) is 0 Å². The molecule has 1 aromatic carbocycles. The van der Waals surface area contributed by atoms with Gasteiger partial charge in [0.1, 0.15) is 5.82 Å². The molecule has 2 rings (SSSR count). The molecular weight excluding hydrogens is 178 g/mol. The number of aliphatic hydroxyl groups excluding tert-OH is 1. The minimum absolute atomic E-state index is 0.0637. The van der Waals surface area contributed by atoms with Gasteiger partial charge in [0, 0.05) is 6.42 Å². The molecule has 1 N–H and O–H groups in total. The third-order valence-electron chi connectivity index (χ3n) is 2.07. The molecule has 1 aromatic rings. The normalized spacial score (nSPS) is 20.7. The zero-order valence-electron chi connectivity index (χ0n) is 6.76. The zero-order chi connectivity index (χ0) is 9.42. The van der Waals surface area contributed by atoms with Gasteiger partial charge in [-0.1, -0.05) is 0 Å². The lowest BCUT2D eigenvalue weighted by Crippen LogP contribution is -2.16. The van der Waals surface area contributed by atoms with Crippen molar-refractivity contribution in [3.8, 4) is 5.75 Å². The average Bonchev–Trinajstić information content (AvgIpc) is 2.12. The maximum Gasteiger partial charge on any atom is 0.165 e. The summed E-state index contributed by atoms with van der Waals surface area (Å²) < 4.78 is 31.0. The number of benzene rings is 1. The molecule has 0 saturated carbocycles. The standard InChI is InChI=1S/C9H8F2O2/c10-5-1-2-6(11)9-8(5)7(12)3-4-13-9/h1-2,7,12H,3-4H2/t7-/m0/s1. The molecule has 2 nitrogen and oxygen atoms in total. The van der Waals surface area contributed by atoms with E-state index in [1.54, 1.807) is 0 Å². The number of fused-ring (bicyclic) bond motifs is 1. The quantitative estimate of drug-likeness (QED) is 0.669. The molecule has 0 aliphatic carbocycles. The monoisotopic (exact) mass is 186 g/mol. The predicted octanol–water partition coefficient (Wildman–Crippen LogP) is 1.78. The SMILES string of the molecule is O[C@H]1CCOc2c(F)ccc(F)c21. The van der Waals surface area contributed by atoms with Gasteiger partial charge >= 0.3 is 0 Å². The molecule has 0 saturated heterocycles. The molecule has 1 atom stereocenters. The van der Waals surface area contributed by atoms with Gasteiger partial charge in [0.15, 0.2) is 11.6 Å². The Labute approximate surface area is 73.8 Å². The molecule has 0 radical (unpaired) electrons. The summed E-state index contributed by atoms with van der Waals surface area (Å²) in [5, 5.41) is 9.38. The Morgan fingerprint density at radius 1 is 1.31 bits per heavy atom. The van der Waals surface area contributed by atoms with Crippen LogP contribution in [-0.2, 0) is 0 Å². The summed E-state index contributed by atoms with van der Waals surface area (Å²) in [6.07, 6.45) is -0.660. The highest BCUT2D eigenvalue weighted by atomic mass is 19.1. The molecule has 0 fully saturated rings. The van der Waals surface area contributed by atoms with Crippen molar-refractivity contribution in [3.05, 3.63) is 29.3 Å². The lowest BCUT2D eigenvalue weighted by Gasteiger charge is -2.22. The van der Waals surface area contributed by atoms with E-state index in [0.29, 0.717) is 6.42 Å². The maximum atomic E-state index is 13.1. The van der Waals surface area contributed by atoms with Crippen LogP contribution in [0.5, 0.6) is 5.75 Å². The van der Waals surface area contributed by atoms with Gasteiger partial charge in [-0.15, -0.1) is 0 Å². The summed E-state index contributed by atoms with van der Waals surface area (Å²) in [5.74, 6) is -1.41. The highest BCUT2D eigenvalue weighted by molar-refractivity contribution is 5.39. The highest BCUT2D eigenvalue weighted by Gasteiger charge is 2.25. The Hall–Kier alpha value is -1.16. The lowest BCUT2D eigenvalue weighted by atomic mass is 10.0. The number of halogens is 2. The van der Waals surface area contributed by atoms with Crippen molar-refractivity contribution < 1.29 is 18.6 Å². The summed E-state index contributed by atoms with van der Waals surface area (Å²) in [6, 6.07) is 1.98. The summed E-state index contributed by atoms with van der Waals surface area (Å²) in [5.41, 5.74) is -0.0637. The first-order chi connectivity index (χ1) is 6.20. The van der Waals surface area contributed by atoms with Crippen LogP contribution in [0.2, 0.25) is 0 Å². The molecular formula is C9H8F2O2. The maximum absolute atomic E-state index is 13.1. The first kappa shape index (κ1) is 8.44. The van der Waals surface area contributed by atoms with Gasteiger partial charge in [0.25, 0.3) is 0 Å². The first-order valence-electron chi connectivity index (χ1n) is 3.99. The van der Waals surface area contributed by atoms with E-state index in [1.807, 2.05) is 0 Å². The second kappa shape index (κ2) is 2.96.